The monoisotopic (exact) mass is 324 g/mol. The lowest BCUT2D eigenvalue weighted by atomic mass is 10.3. The lowest BCUT2D eigenvalue weighted by molar-refractivity contribution is -0.114. The molecule has 0 bridgehead atoms. The average Bonchev–Trinajstić information content (AvgIpc) is 2.47. The number of halogens is 2. The predicted octanol–water partition coefficient (Wildman–Crippen LogP) is 4.05. The molecule has 0 saturated carbocycles. The predicted molar refractivity (Wildman–Crippen MR) is 86.6 cm³/mol. The molecule has 0 atom stereocenters. The molecule has 2 aromatic rings. The molecule has 2 aromatic carbocycles. The highest BCUT2D eigenvalue weighted by Crippen LogP contribution is 2.29. The van der Waals surface area contributed by atoms with Gasteiger partial charge in [0.25, 0.3) is 0 Å². The Morgan fingerprint density at radius 1 is 1.10 bits per heavy atom. The molecule has 21 heavy (non-hydrogen) atoms. The van der Waals surface area contributed by atoms with Gasteiger partial charge in [0.2, 0.25) is 5.91 Å². The first kappa shape index (κ1) is 15.5. The quantitative estimate of drug-likeness (QED) is 0.872. The molecular formula is C15H14Cl2N2O2. The minimum atomic E-state index is -0.198. The van der Waals surface area contributed by atoms with Crippen LogP contribution < -0.4 is 15.4 Å². The molecule has 0 heterocycles. The van der Waals surface area contributed by atoms with E-state index in [4.69, 9.17) is 27.9 Å². The van der Waals surface area contributed by atoms with Gasteiger partial charge >= 0.3 is 0 Å². The van der Waals surface area contributed by atoms with Crippen LogP contribution in [0.15, 0.2) is 42.5 Å². The Bertz CT molecular complexity index is 610. The van der Waals surface area contributed by atoms with Crippen LogP contribution in [0.4, 0.5) is 11.4 Å². The van der Waals surface area contributed by atoms with Gasteiger partial charge < -0.3 is 15.4 Å². The van der Waals surface area contributed by atoms with Gasteiger partial charge in [-0.05, 0) is 36.4 Å². The van der Waals surface area contributed by atoms with Crippen molar-refractivity contribution in [3.8, 4) is 5.75 Å². The highest BCUT2D eigenvalue weighted by atomic mass is 35.5. The fraction of sp³-hybridized carbons (Fsp3) is 0.133. The Kier molecular flexibility index (Phi) is 5.31. The molecule has 2 N–H and O–H groups in total. The van der Waals surface area contributed by atoms with E-state index in [1.807, 2.05) is 0 Å². The Balaban J connectivity index is 1.92. The fourth-order valence-electron chi connectivity index (χ4n) is 1.71. The molecule has 4 nitrogen and oxygen atoms in total. The van der Waals surface area contributed by atoms with Gasteiger partial charge in [-0.15, -0.1) is 0 Å². The molecule has 1 amide bonds. The lowest BCUT2D eigenvalue weighted by Crippen LogP contribution is -2.21. The fourth-order valence-corrected chi connectivity index (χ4v) is 2.25. The van der Waals surface area contributed by atoms with Crippen molar-refractivity contribution in [2.75, 3.05) is 24.3 Å². The van der Waals surface area contributed by atoms with Crippen molar-refractivity contribution < 1.29 is 9.53 Å². The van der Waals surface area contributed by atoms with Gasteiger partial charge in [-0.1, -0.05) is 29.3 Å². The summed E-state index contributed by atoms with van der Waals surface area (Å²) in [5.74, 6) is 0.533. The number of benzene rings is 2. The van der Waals surface area contributed by atoms with Crippen molar-refractivity contribution >= 4 is 40.5 Å². The number of hydrogen-bond donors (Lipinski definition) is 2. The van der Waals surface area contributed by atoms with E-state index >= 15 is 0 Å². The smallest absolute Gasteiger partial charge is 0.243 e. The molecule has 0 saturated heterocycles. The van der Waals surface area contributed by atoms with E-state index in [1.54, 1.807) is 49.6 Å². The van der Waals surface area contributed by atoms with Gasteiger partial charge in [-0.2, -0.15) is 0 Å². The third kappa shape index (κ3) is 4.28. The van der Waals surface area contributed by atoms with Crippen LogP contribution in [0.1, 0.15) is 0 Å². The first-order valence-corrected chi connectivity index (χ1v) is 6.97. The van der Waals surface area contributed by atoms with Gasteiger partial charge in [0.05, 0.1) is 29.4 Å². The van der Waals surface area contributed by atoms with E-state index in [0.29, 0.717) is 21.4 Å². The number of ether oxygens (including phenoxy) is 1. The second-order valence-corrected chi connectivity index (χ2v) is 5.04. The molecular weight excluding hydrogens is 311 g/mol. The molecule has 0 aliphatic heterocycles. The number of carbonyl (C=O) groups excluding carboxylic acids is 1. The Morgan fingerprint density at radius 2 is 1.71 bits per heavy atom. The first-order chi connectivity index (χ1) is 10.1. The molecule has 110 valence electrons. The van der Waals surface area contributed by atoms with Crippen molar-refractivity contribution in [1.82, 2.24) is 0 Å². The maximum Gasteiger partial charge on any atom is 0.243 e. The number of nitrogens with one attached hydrogen (secondary N) is 2. The minimum absolute atomic E-state index is 0.0650. The maximum atomic E-state index is 11.9. The standard InChI is InChI=1S/C15H14Cl2N2O2/c1-21-11-7-5-10(6-8-11)19-14(20)9-18-15-12(16)3-2-4-13(15)17/h2-8,18H,9H2,1H3,(H,19,20). The van der Waals surface area contributed by atoms with Crippen LogP contribution in [0.2, 0.25) is 10.0 Å². The molecule has 0 fully saturated rings. The zero-order chi connectivity index (χ0) is 15.2. The summed E-state index contributed by atoms with van der Waals surface area (Å²) in [5.41, 5.74) is 1.23. The summed E-state index contributed by atoms with van der Waals surface area (Å²) in [6.07, 6.45) is 0. The Morgan fingerprint density at radius 3 is 2.29 bits per heavy atom. The van der Waals surface area contributed by atoms with Crippen molar-refractivity contribution in [2.45, 2.75) is 0 Å². The van der Waals surface area contributed by atoms with Crippen LogP contribution in [0, 0.1) is 0 Å². The third-order valence-corrected chi connectivity index (χ3v) is 3.39. The summed E-state index contributed by atoms with van der Waals surface area (Å²) in [6.45, 7) is 0.0650. The number of anilines is 2. The number of amides is 1. The molecule has 2 rings (SSSR count). The summed E-state index contributed by atoms with van der Waals surface area (Å²) in [5, 5.41) is 6.63. The van der Waals surface area contributed by atoms with E-state index in [-0.39, 0.29) is 12.5 Å². The second kappa shape index (κ2) is 7.20. The van der Waals surface area contributed by atoms with Gasteiger partial charge in [-0.25, -0.2) is 0 Å². The van der Waals surface area contributed by atoms with Crippen LogP contribution in [0.25, 0.3) is 0 Å². The lowest BCUT2D eigenvalue weighted by Gasteiger charge is -2.10. The van der Waals surface area contributed by atoms with Crippen LogP contribution in [-0.4, -0.2) is 19.6 Å². The zero-order valence-corrected chi connectivity index (χ0v) is 12.8. The average molecular weight is 325 g/mol. The van der Waals surface area contributed by atoms with Crippen LogP contribution in [0.5, 0.6) is 5.75 Å². The van der Waals surface area contributed by atoms with E-state index in [2.05, 4.69) is 10.6 Å². The van der Waals surface area contributed by atoms with Gasteiger partial charge in [0, 0.05) is 5.69 Å². The van der Waals surface area contributed by atoms with Gasteiger partial charge in [0.15, 0.2) is 0 Å². The number of methoxy groups -OCH3 is 1. The van der Waals surface area contributed by atoms with Gasteiger partial charge in [0.1, 0.15) is 5.75 Å². The third-order valence-electron chi connectivity index (χ3n) is 2.76. The van der Waals surface area contributed by atoms with Crippen molar-refractivity contribution in [1.29, 1.82) is 0 Å². The summed E-state index contributed by atoms with van der Waals surface area (Å²) in [6, 6.07) is 12.2. The van der Waals surface area contributed by atoms with Crippen LogP contribution in [0.3, 0.4) is 0 Å². The normalized spacial score (nSPS) is 10.0. The van der Waals surface area contributed by atoms with E-state index in [0.717, 1.165) is 5.75 Å². The van der Waals surface area contributed by atoms with E-state index in [1.165, 1.54) is 0 Å². The first-order valence-electron chi connectivity index (χ1n) is 6.22. The molecule has 0 aliphatic rings. The summed E-state index contributed by atoms with van der Waals surface area (Å²) >= 11 is 12.0. The van der Waals surface area contributed by atoms with Crippen LogP contribution >= 0.6 is 23.2 Å². The SMILES string of the molecule is COc1ccc(NC(=O)CNc2c(Cl)cccc2Cl)cc1. The number of para-hydroxylation sites is 1. The van der Waals surface area contributed by atoms with Crippen molar-refractivity contribution in [2.24, 2.45) is 0 Å². The van der Waals surface area contributed by atoms with Crippen molar-refractivity contribution in [3.63, 3.8) is 0 Å². The Hall–Kier alpha value is -1.91. The summed E-state index contributed by atoms with van der Waals surface area (Å²) < 4.78 is 5.05. The van der Waals surface area contributed by atoms with Crippen molar-refractivity contribution in [3.05, 3.63) is 52.5 Å². The molecule has 0 aromatic heterocycles. The topological polar surface area (TPSA) is 50.4 Å². The molecule has 0 radical (unpaired) electrons. The highest BCUT2D eigenvalue weighted by Gasteiger charge is 2.07. The summed E-state index contributed by atoms with van der Waals surface area (Å²) in [4.78, 5) is 11.9. The number of carbonyl (C=O) groups is 1. The second-order valence-electron chi connectivity index (χ2n) is 4.23. The summed E-state index contributed by atoms with van der Waals surface area (Å²) in [7, 11) is 1.59. The molecule has 0 aliphatic carbocycles. The van der Waals surface area contributed by atoms with E-state index in [9.17, 15) is 4.79 Å². The molecule has 0 unspecified atom stereocenters. The maximum absolute atomic E-state index is 11.9. The molecule has 6 heteroatoms. The minimum Gasteiger partial charge on any atom is -0.497 e. The molecule has 0 spiro atoms. The largest absolute Gasteiger partial charge is 0.497 e. The van der Waals surface area contributed by atoms with Crippen LogP contribution in [-0.2, 0) is 4.79 Å². The van der Waals surface area contributed by atoms with E-state index < -0.39 is 0 Å². The Labute approximate surface area is 133 Å². The van der Waals surface area contributed by atoms with Gasteiger partial charge in [-0.3, -0.25) is 4.79 Å². The number of rotatable bonds is 5. The highest BCUT2D eigenvalue weighted by molar-refractivity contribution is 6.39. The zero-order valence-electron chi connectivity index (χ0n) is 11.3. The number of hydrogen-bond acceptors (Lipinski definition) is 3.